The van der Waals surface area contributed by atoms with E-state index in [0.717, 1.165) is 25.1 Å². The minimum Gasteiger partial charge on any atom is -0.478 e. The van der Waals surface area contributed by atoms with Crippen LogP contribution in [0, 0.1) is 13.8 Å². The van der Waals surface area contributed by atoms with Gasteiger partial charge in [0, 0.05) is 18.3 Å². The summed E-state index contributed by atoms with van der Waals surface area (Å²) in [5, 5.41) is 12.6. The number of nitrogens with zero attached hydrogens (tertiary/aromatic N) is 1. The fraction of sp³-hybridized carbons (Fsp3) is 0.571. The third-order valence-electron chi connectivity index (χ3n) is 3.45. The molecule has 104 valence electrons. The zero-order valence-corrected chi connectivity index (χ0v) is 11.6. The summed E-state index contributed by atoms with van der Waals surface area (Å²) >= 11 is 0. The molecule has 0 aliphatic carbocycles. The minimum absolute atomic E-state index is 0.0850. The number of anilines is 1. The fourth-order valence-electron chi connectivity index (χ4n) is 2.55. The van der Waals surface area contributed by atoms with Crippen LogP contribution in [0.2, 0.25) is 0 Å². The maximum Gasteiger partial charge on any atom is 0.339 e. The molecule has 2 unspecified atom stereocenters. The summed E-state index contributed by atoms with van der Waals surface area (Å²) in [7, 11) is 0. The van der Waals surface area contributed by atoms with Crippen LogP contribution in [-0.2, 0) is 4.74 Å². The molecule has 5 nitrogen and oxygen atoms in total. The van der Waals surface area contributed by atoms with Crippen molar-refractivity contribution in [2.24, 2.45) is 0 Å². The van der Waals surface area contributed by atoms with Crippen molar-refractivity contribution in [3.8, 4) is 0 Å². The minimum atomic E-state index is -0.952. The van der Waals surface area contributed by atoms with Crippen molar-refractivity contribution >= 4 is 11.7 Å². The molecule has 0 aromatic carbocycles. The predicted octanol–water partition coefficient (Wildman–Crippen LogP) is 2.38. The van der Waals surface area contributed by atoms with Crippen molar-refractivity contribution < 1.29 is 14.6 Å². The number of hydrogen-bond donors (Lipinski definition) is 2. The summed E-state index contributed by atoms with van der Waals surface area (Å²) in [6.45, 7) is 6.39. The van der Waals surface area contributed by atoms with Crippen LogP contribution < -0.4 is 5.32 Å². The maximum atomic E-state index is 11.3. The molecule has 0 saturated carbocycles. The van der Waals surface area contributed by atoms with Gasteiger partial charge in [-0.15, -0.1) is 0 Å². The predicted molar refractivity (Wildman–Crippen MR) is 72.7 cm³/mol. The second kappa shape index (κ2) is 5.57. The first-order valence-corrected chi connectivity index (χ1v) is 6.58. The number of pyridine rings is 1. The highest BCUT2D eigenvalue weighted by atomic mass is 16.5. The van der Waals surface area contributed by atoms with Crippen LogP contribution in [-0.4, -0.2) is 34.8 Å². The number of aryl methyl sites for hydroxylation is 2. The Labute approximate surface area is 113 Å². The molecule has 1 aliphatic heterocycles. The smallest absolute Gasteiger partial charge is 0.339 e. The van der Waals surface area contributed by atoms with E-state index in [0.29, 0.717) is 11.4 Å². The lowest BCUT2D eigenvalue weighted by molar-refractivity contribution is 0.0696. The Morgan fingerprint density at radius 1 is 1.58 bits per heavy atom. The molecular weight excluding hydrogens is 244 g/mol. The molecule has 19 heavy (non-hydrogen) atoms. The Balaban J connectivity index is 2.25. The standard InChI is InChI=1S/C14H20N2O3/c1-8-7-11(13(14(17)18)10(3)15-8)16-9(2)12-5-4-6-19-12/h7,9,12H,4-6H2,1-3H3,(H,15,16)(H,17,18). The van der Waals surface area contributed by atoms with Crippen LogP contribution in [0.15, 0.2) is 6.07 Å². The van der Waals surface area contributed by atoms with Gasteiger partial charge in [-0.1, -0.05) is 0 Å². The molecule has 1 aliphatic rings. The molecule has 1 saturated heterocycles. The number of rotatable bonds is 4. The summed E-state index contributed by atoms with van der Waals surface area (Å²) in [6.07, 6.45) is 2.23. The van der Waals surface area contributed by atoms with E-state index in [2.05, 4.69) is 10.3 Å². The van der Waals surface area contributed by atoms with Crippen LogP contribution in [0.5, 0.6) is 0 Å². The SMILES string of the molecule is Cc1cc(NC(C)C2CCCO2)c(C(=O)O)c(C)n1. The van der Waals surface area contributed by atoms with E-state index in [4.69, 9.17) is 4.74 Å². The largest absolute Gasteiger partial charge is 0.478 e. The van der Waals surface area contributed by atoms with Crippen molar-refractivity contribution in [2.75, 3.05) is 11.9 Å². The van der Waals surface area contributed by atoms with Gasteiger partial charge in [-0.25, -0.2) is 4.79 Å². The van der Waals surface area contributed by atoms with Gasteiger partial charge in [0.25, 0.3) is 0 Å². The van der Waals surface area contributed by atoms with Gasteiger partial charge in [0.2, 0.25) is 0 Å². The normalized spacial score (nSPS) is 20.3. The molecule has 2 rings (SSSR count). The second-order valence-electron chi connectivity index (χ2n) is 5.06. The van der Waals surface area contributed by atoms with E-state index in [1.54, 1.807) is 13.0 Å². The number of carboxylic acids is 1. The third-order valence-corrected chi connectivity index (χ3v) is 3.45. The molecule has 1 fully saturated rings. The zero-order chi connectivity index (χ0) is 14.0. The maximum absolute atomic E-state index is 11.3. The molecule has 5 heteroatoms. The zero-order valence-electron chi connectivity index (χ0n) is 11.6. The van der Waals surface area contributed by atoms with Crippen LogP contribution in [0.4, 0.5) is 5.69 Å². The first kappa shape index (κ1) is 13.8. The summed E-state index contributed by atoms with van der Waals surface area (Å²) in [5.41, 5.74) is 2.22. The van der Waals surface area contributed by atoms with Crippen molar-refractivity contribution in [1.82, 2.24) is 4.98 Å². The number of nitrogens with one attached hydrogen (secondary N) is 1. The highest BCUT2D eigenvalue weighted by Gasteiger charge is 2.24. The Morgan fingerprint density at radius 3 is 2.89 bits per heavy atom. The number of hydrogen-bond acceptors (Lipinski definition) is 4. The fourth-order valence-corrected chi connectivity index (χ4v) is 2.55. The van der Waals surface area contributed by atoms with Crippen LogP contribution >= 0.6 is 0 Å². The average molecular weight is 264 g/mol. The lowest BCUT2D eigenvalue weighted by atomic mass is 10.1. The molecule has 0 radical (unpaired) electrons. The van der Waals surface area contributed by atoms with E-state index < -0.39 is 5.97 Å². The van der Waals surface area contributed by atoms with Crippen LogP contribution in [0.25, 0.3) is 0 Å². The Bertz CT molecular complexity index is 482. The highest BCUT2D eigenvalue weighted by molar-refractivity contribution is 5.95. The van der Waals surface area contributed by atoms with E-state index in [-0.39, 0.29) is 17.7 Å². The molecule has 1 aromatic heterocycles. The van der Waals surface area contributed by atoms with Crippen molar-refractivity contribution in [1.29, 1.82) is 0 Å². The second-order valence-corrected chi connectivity index (χ2v) is 5.06. The molecule has 0 bridgehead atoms. The average Bonchev–Trinajstić information content (AvgIpc) is 2.80. The summed E-state index contributed by atoms with van der Waals surface area (Å²) in [5.74, 6) is -0.952. The molecule has 2 N–H and O–H groups in total. The van der Waals surface area contributed by atoms with Crippen LogP contribution in [0.3, 0.4) is 0 Å². The first-order chi connectivity index (χ1) is 8.99. The highest BCUT2D eigenvalue weighted by Crippen LogP contribution is 2.24. The summed E-state index contributed by atoms with van der Waals surface area (Å²) in [4.78, 5) is 15.6. The van der Waals surface area contributed by atoms with Crippen molar-refractivity contribution in [2.45, 2.75) is 45.8 Å². The number of carbonyl (C=O) groups is 1. The van der Waals surface area contributed by atoms with E-state index >= 15 is 0 Å². The van der Waals surface area contributed by atoms with Gasteiger partial charge in [-0.2, -0.15) is 0 Å². The van der Waals surface area contributed by atoms with Gasteiger partial charge in [0.05, 0.1) is 17.5 Å². The Kier molecular flexibility index (Phi) is 4.04. The molecule has 2 heterocycles. The number of aromatic carboxylic acids is 1. The molecule has 0 spiro atoms. The lowest BCUT2D eigenvalue weighted by Gasteiger charge is -2.22. The van der Waals surface area contributed by atoms with E-state index in [1.165, 1.54) is 0 Å². The molecule has 0 amide bonds. The third kappa shape index (κ3) is 3.04. The van der Waals surface area contributed by atoms with Gasteiger partial charge in [0.15, 0.2) is 0 Å². The van der Waals surface area contributed by atoms with Crippen LogP contribution in [0.1, 0.15) is 41.5 Å². The molecular formula is C14H20N2O3. The number of aromatic nitrogens is 1. The number of ether oxygens (including phenoxy) is 1. The van der Waals surface area contributed by atoms with Gasteiger partial charge >= 0.3 is 5.97 Å². The van der Waals surface area contributed by atoms with Gasteiger partial charge in [-0.3, -0.25) is 4.98 Å². The van der Waals surface area contributed by atoms with E-state index in [9.17, 15) is 9.90 Å². The van der Waals surface area contributed by atoms with Crippen molar-refractivity contribution in [3.05, 3.63) is 23.0 Å². The molecule has 2 atom stereocenters. The molecule has 1 aromatic rings. The topological polar surface area (TPSA) is 71.5 Å². The quantitative estimate of drug-likeness (QED) is 0.873. The van der Waals surface area contributed by atoms with Gasteiger partial charge < -0.3 is 15.2 Å². The van der Waals surface area contributed by atoms with Gasteiger partial charge in [0.1, 0.15) is 5.56 Å². The lowest BCUT2D eigenvalue weighted by Crippen LogP contribution is -2.31. The van der Waals surface area contributed by atoms with E-state index in [1.807, 2.05) is 13.8 Å². The van der Waals surface area contributed by atoms with Crippen molar-refractivity contribution in [3.63, 3.8) is 0 Å². The Morgan fingerprint density at radius 2 is 2.32 bits per heavy atom. The first-order valence-electron chi connectivity index (χ1n) is 6.58. The number of carboxylic acid groups (broad SMARTS) is 1. The summed E-state index contributed by atoms with van der Waals surface area (Å²) < 4.78 is 5.62. The van der Waals surface area contributed by atoms with Gasteiger partial charge in [-0.05, 0) is 39.7 Å². The summed E-state index contributed by atoms with van der Waals surface area (Å²) in [6, 6.07) is 1.86. The Hall–Kier alpha value is -1.62. The monoisotopic (exact) mass is 264 g/mol.